The van der Waals surface area contributed by atoms with E-state index in [4.69, 9.17) is 16.3 Å². The lowest BCUT2D eigenvalue weighted by molar-refractivity contribution is 0.0230. The van der Waals surface area contributed by atoms with E-state index in [1.54, 1.807) is 6.07 Å². The quantitative estimate of drug-likeness (QED) is 0.577. The van der Waals surface area contributed by atoms with Crippen LogP contribution in [0, 0.1) is 6.92 Å². The first-order valence-electron chi connectivity index (χ1n) is 10.2. The van der Waals surface area contributed by atoms with Gasteiger partial charge in [0, 0.05) is 36.5 Å². The lowest BCUT2D eigenvalue weighted by Gasteiger charge is -2.44. The van der Waals surface area contributed by atoms with E-state index in [1.165, 1.54) is 0 Å². The van der Waals surface area contributed by atoms with Crippen LogP contribution < -0.4 is 9.64 Å². The van der Waals surface area contributed by atoms with Crippen LogP contribution in [0.5, 0.6) is 5.75 Å². The Bertz CT molecular complexity index is 1090. The van der Waals surface area contributed by atoms with E-state index in [-0.39, 0.29) is 5.78 Å². The first-order valence-corrected chi connectivity index (χ1v) is 10.6. The molecule has 1 saturated heterocycles. The third-order valence-corrected chi connectivity index (χ3v) is 6.50. The largest absolute Gasteiger partial charge is 0.486 e. The molecule has 0 radical (unpaired) electrons. The highest BCUT2D eigenvalue weighted by Crippen LogP contribution is 2.41. The molecule has 0 amide bonds. The first-order chi connectivity index (χ1) is 14.5. The molecule has 3 aromatic rings. The Kier molecular flexibility index (Phi) is 4.70. The van der Waals surface area contributed by atoms with Crippen molar-refractivity contribution in [3.05, 3.63) is 70.7 Å². The second kappa shape index (κ2) is 7.40. The van der Waals surface area contributed by atoms with Crippen LogP contribution >= 0.6 is 11.6 Å². The average molecular weight is 420 g/mol. The highest BCUT2D eigenvalue weighted by molar-refractivity contribution is 6.31. The van der Waals surface area contributed by atoms with Gasteiger partial charge in [-0.05, 0) is 36.8 Å². The van der Waals surface area contributed by atoms with Crippen LogP contribution in [0.3, 0.4) is 0 Å². The number of halogens is 1. The molecular weight excluding hydrogens is 398 g/mol. The van der Waals surface area contributed by atoms with Crippen LogP contribution in [-0.4, -0.2) is 34.7 Å². The number of aromatic nitrogens is 2. The molecule has 3 heterocycles. The molecule has 1 fully saturated rings. The summed E-state index contributed by atoms with van der Waals surface area (Å²) in [6.45, 7) is 3.47. The molecule has 2 aromatic carbocycles. The van der Waals surface area contributed by atoms with Gasteiger partial charge in [0.15, 0.2) is 11.6 Å². The summed E-state index contributed by atoms with van der Waals surface area (Å²) in [7, 11) is 0. The van der Waals surface area contributed by atoms with Crippen LogP contribution in [0.1, 0.15) is 35.2 Å². The molecule has 5 nitrogen and oxygen atoms in total. The van der Waals surface area contributed by atoms with Crippen molar-refractivity contribution in [3.8, 4) is 17.0 Å². The van der Waals surface area contributed by atoms with Crippen LogP contribution in [0.25, 0.3) is 11.3 Å². The molecule has 30 heavy (non-hydrogen) atoms. The van der Waals surface area contributed by atoms with Crippen molar-refractivity contribution in [2.24, 2.45) is 0 Å². The molecule has 0 atom stereocenters. The number of piperidine rings is 1. The Morgan fingerprint density at radius 1 is 1.03 bits per heavy atom. The van der Waals surface area contributed by atoms with E-state index in [0.29, 0.717) is 22.8 Å². The standard InChI is InChI=1S/C24H22ClN3O2/c1-16-13-22-18(14-19(16)25)21(29)15-24(30-22)9-11-28(12-10-24)23-8-7-20(26-27-23)17-5-3-2-4-6-17/h2-8,13-14H,9-12,15H2,1H3. The molecule has 0 aliphatic carbocycles. The molecule has 5 rings (SSSR count). The normalized spacial score (nSPS) is 17.5. The van der Waals surface area contributed by atoms with Crippen LogP contribution in [-0.2, 0) is 0 Å². The molecule has 1 aromatic heterocycles. The molecule has 1 spiro atoms. The lowest BCUT2D eigenvalue weighted by Crippen LogP contribution is -2.51. The molecule has 2 aliphatic rings. The van der Waals surface area contributed by atoms with Gasteiger partial charge in [-0.15, -0.1) is 10.2 Å². The summed E-state index contributed by atoms with van der Waals surface area (Å²) in [6, 6.07) is 17.7. The fourth-order valence-electron chi connectivity index (χ4n) is 4.29. The number of hydrogen-bond acceptors (Lipinski definition) is 5. The number of nitrogens with zero attached hydrogens (tertiary/aromatic N) is 3. The Balaban J connectivity index is 1.30. The summed E-state index contributed by atoms with van der Waals surface area (Å²) < 4.78 is 6.39. The molecular formula is C24H22ClN3O2. The number of Topliss-reactive ketones (excluding diaryl/α,β-unsaturated/α-hetero) is 1. The molecule has 152 valence electrons. The van der Waals surface area contributed by atoms with Gasteiger partial charge >= 0.3 is 0 Å². The number of carbonyl (C=O) groups excluding carboxylic acids is 1. The number of ether oxygens (including phenoxy) is 1. The number of rotatable bonds is 2. The number of anilines is 1. The van der Waals surface area contributed by atoms with Crippen LogP contribution in [0.2, 0.25) is 5.02 Å². The van der Waals surface area contributed by atoms with Gasteiger partial charge in [-0.25, -0.2) is 0 Å². The molecule has 6 heteroatoms. The summed E-state index contributed by atoms with van der Waals surface area (Å²) >= 11 is 6.20. The zero-order valence-corrected chi connectivity index (χ0v) is 17.5. The summed E-state index contributed by atoms with van der Waals surface area (Å²) in [4.78, 5) is 15.0. The molecule has 0 saturated carbocycles. The second-order valence-electron chi connectivity index (χ2n) is 8.11. The number of carbonyl (C=O) groups is 1. The van der Waals surface area contributed by atoms with E-state index >= 15 is 0 Å². The van der Waals surface area contributed by atoms with Crippen molar-refractivity contribution >= 4 is 23.2 Å². The first kappa shape index (κ1) is 19.1. The molecule has 2 aliphatic heterocycles. The van der Waals surface area contributed by atoms with E-state index in [9.17, 15) is 4.79 Å². The minimum atomic E-state index is -0.446. The fraction of sp³-hybridized carbons (Fsp3) is 0.292. The smallest absolute Gasteiger partial charge is 0.170 e. The van der Waals surface area contributed by atoms with Gasteiger partial charge in [0.2, 0.25) is 0 Å². The zero-order chi connectivity index (χ0) is 20.7. The minimum Gasteiger partial charge on any atom is -0.486 e. The van der Waals surface area contributed by atoms with Crippen molar-refractivity contribution in [2.75, 3.05) is 18.0 Å². The Hall–Kier alpha value is -2.92. The van der Waals surface area contributed by atoms with E-state index in [1.807, 2.05) is 55.5 Å². The van der Waals surface area contributed by atoms with Crippen molar-refractivity contribution < 1.29 is 9.53 Å². The van der Waals surface area contributed by atoms with Crippen molar-refractivity contribution in [1.29, 1.82) is 0 Å². The Morgan fingerprint density at radius 2 is 1.80 bits per heavy atom. The second-order valence-corrected chi connectivity index (χ2v) is 8.52. The van der Waals surface area contributed by atoms with Crippen LogP contribution in [0.4, 0.5) is 5.82 Å². The zero-order valence-electron chi connectivity index (χ0n) is 16.8. The SMILES string of the molecule is Cc1cc2c(cc1Cl)C(=O)CC1(CCN(c3ccc(-c4ccccc4)nn3)CC1)O2. The number of fused-ring (bicyclic) bond motifs is 1. The third kappa shape index (κ3) is 3.43. The summed E-state index contributed by atoms with van der Waals surface area (Å²) in [5.74, 6) is 1.63. The van der Waals surface area contributed by atoms with E-state index < -0.39 is 5.60 Å². The molecule has 0 N–H and O–H groups in total. The van der Waals surface area contributed by atoms with Crippen LogP contribution in [0.15, 0.2) is 54.6 Å². The summed E-state index contributed by atoms with van der Waals surface area (Å²) in [5.41, 5.74) is 2.99. The number of aryl methyl sites for hydroxylation is 1. The van der Waals surface area contributed by atoms with Gasteiger partial charge < -0.3 is 9.64 Å². The van der Waals surface area contributed by atoms with E-state index in [0.717, 1.165) is 48.6 Å². The maximum absolute atomic E-state index is 12.8. The van der Waals surface area contributed by atoms with Gasteiger partial charge in [0.05, 0.1) is 17.7 Å². The van der Waals surface area contributed by atoms with Crippen molar-refractivity contribution in [3.63, 3.8) is 0 Å². The number of ketones is 1. The van der Waals surface area contributed by atoms with Gasteiger partial charge in [-0.3, -0.25) is 4.79 Å². The van der Waals surface area contributed by atoms with Gasteiger partial charge in [0.25, 0.3) is 0 Å². The Labute approximate surface area is 180 Å². The molecule has 0 unspecified atom stereocenters. The van der Waals surface area contributed by atoms with E-state index in [2.05, 4.69) is 15.1 Å². The summed E-state index contributed by atoms with van der Waals surface area (Å²) in [6.07, 6.45) is 1.93. The van der Waals surface area contributed by atoms with Gasteiger partial charge in [-0.2, -0.15) is 0 Å². The average Bonchev–Trinajstić information content (AvgIpc) is 2.77. The molecule has 0 bridgehead atoms. The maximum Gasteiger partial charge on any atom is 0.170 e. The minimum absolute atomic E-state index is 0.110. The highest BCUT2D eigenvalue weighted by Gasteiger charge is 2.43. The Morgan fingerprint density at radius 3 is 2.50 bits per heavy atom. The third-order valence-electron chi connectivity index (χ3n) is 6.09. The monoisotopic (exact) mass is 419 g/mol. The lowest BCUT2D eigenvalue weighted by atomic mass is 9.82. The number of hydrogen-bond donors (Lipinski definition) is 0. The summed E-state index contributed by atoms with van der Waals surface area (Å²) in [5, 5.41) is 9.44. The fourth-order valence-corrected chi connectivity index (χ4v) is 4.46. The van der Waals surface area contributed by atoms with Crippen molar-refractivity contribution in [1.82, 2.24) is 10.2 Å². The topological polar surface area (TPSA) is 55.3 Å². The van der Waals surface area contributed by atoms with Crippen molar-refractivity contribution in [2.45, 2.75) is 31.8 Å². The highest BCUT2D eigenvalue weighted by atomic mass is 35.5. The van der Waals surface area contributed by atoms with Gasteiger partial charge in [0.1, 0.15) is 11.4 Å². The number of benzene rings is 2. The predicted octanol–water partition coefficient (Wildman–Crippen LogP) is 5.11. The predicted molar refractivity (Wildman–Crippen MR) is 117 cm³/mol. The van der Waals surface area contributed by atoms with Gasteiger partial charge in [-0.1, -0.05) is 41.9 Å². The maximum atomic E-state index is 12.8.